The first kappa shape index (κ1) is 31.6. The van der Waals surface area contributed by atoms with Gasteiger partial charge < -0.3 is 30.9 Å². The number of aromatic nitrogens is 3. The first-order valence-corrected chi connectivity index (χ1v) is 14.1. The molecule has 12 heteroatoms. The van der Waals surface area contributed by atoms with E-state index in [9.17, 15) is 10.2 Å². The van der Waals surface area contributed by atoms with Crippen LogP contribution in [0.1, 0.15) is 25.0 Å². The van der Waals surface area contributed by atoms with E-state index >= 15 is 4.39 Å². The number of aliphatic hydroxyl groups is 2. The third-order valence-corrected chi connectivity index (χ3v) is 7.07. The molecule has 0 aliphatic carbocycles. The number of ether oxygens (including phenoxy) is 1. The van der Waals surface area contributed by atoms with Crippen LogP contribution in [0, 0.1) is 5.82 Å². The molecular weight excluding hydrogens is 582 g/mol. The quantitative estimate of drug-likeness (QED) is 0.136. The highest BCUT2D eigenvalue weighted by atomic mass is 35.5. The Bertz CT molecular complexity index is 1520. The molecule has 4 aromatic rings. The Kier molecular flexibility index (Phi) is 11.0. The average molecular weight is 616 g/mol. The van der Waals surface area contributed by atoms with Crippen molar-refractivity contribution in [3.05, 3.63) is 81.8 Å². The lowest BCUT2D eigenvalue weighted by Crippen LogP contribution is -2.24. The Hall–Kier alpha value is -3.38. The lowest BCUT2D eigenvalue weighted by molar-refractivity contribution is 0.190. The van der Waals surface area contributed by atoms with Crippen LogP contribution in [-0.2, 0) is 13.1 Å². The fourth-order valence-corrected chi connectivity index (χ4v) is 4.81. The van der Waals surface area contributed by atoms with E-state index < -0.39 is 18.0 Å². The molecule has 5 N–H and O–H groups in total. The van der Waals surface area contributed by atoms with E-state index in [0.29, 0.717) is 64.3 Å². The highest BCUT2D eigenvalue weighted by Gasteiger charge is 2.19. The van der Waals surface area contributed by atoms with Gasteiger partial charge in [0, 0.05) is 60.8 Å². The molecule has 3 heterocycles. The van der Waals surface area contributed by atoms with Crippen molar-refractivity contribution >= 4 is 34.7 Å². The number of hydrogen-bond donors (Lipinski definition) is 5. The summed E-state index contributed by atoms with van der Waals surface area (Å²) in [6.07, 6.45) is 2.10. The number of nitrogens with zero attached hydrogens (tertiary/aromatic N) is 3. The average Bonchev–Trinajstić information content (AvgIpc) is 2.96. The van der Waals surface area contributed by atoms with Gasteiger partial charge in [0.2, 0.25) is 5.88 Å². The summed E-state index contributed by atoms with van der Waals surface area (Å²) in [4.78, 5) is 13.3. The second-order valence-corrected chi connectivity index (χ2v) is 10.5. The summed E-state index contributed by atoms with van der Waals surface area (Å²) in [5.74, 6) is -0.0839. The van der Waals surface area contributed by atoms with Gasteiger partial charge in [-0.2, -0.15) is 0 Å². The van der Waals surface area contributed by atoms with Crippen LogP contribution < -0.4 is 20.7 Å². The topological polar surface area (TPSA) is 124 Å². The van der Waals surface area contributed by atoms with Crippen molar-refractivity contribution in [2.45, 2.75) is 39.1 Å². The maximum absolute atomic E-state index is 15.2. The molecule has 4 rings (SSSR count). The molecule has 0 unspecified atom stereocenters. The third kappa shape index (κ3) is 7.71. The molecule has 0 aliphatic rings. The molecule has 1 aromatic carbocycles. The standard InChI is InChI=1S/C30H33Cl2FN6O3/c1-17(40)13-34-15-19-9-11-37-29(27(19)33)38-24-6-4-5-22(25(24)31)28-26(32)21(10-12-36-28)23-8-7-20(30(39-23)42-3)16-35-14-18(2)41/h4-12,17-18,34-35,40-41H,13-16H2,1-3H3,(H,37,38)/t17-,18-/m1/s1. The molecule has 0 saturated heterocycles. The van der Waals surface area contributed by atoms with Gasteiger partial charge in [-0.25, -0.2) is 14.4 Å². The Balaban J connectivity index is 1.61. The van der Waals surface area contributed by atoms with Gasteiger partial charge in [-0.3, -0.25) is 4.98 Å². The van der Waals surface area contributed by atoms with E-state index in [1.807, 2.05) is 12.1 Å². The molecule has 0 radical (unpaired) electrons. The minimum absolute atomic E-state index is 0.0116. The Morgan fingerprint density at radius 2 is 1.55 bits per heavy atom. The van der Waals surface area contributed by atoms with Crippen molar-refractivity contribution in [2.24, 2.45) is 0 Å². The lowest BCUT2D eigenvalue weighted by Gasteiger charge is -2.15. The monoisotopic (exact) mass is 614 g/mol. The van der Waals surface area contributed by atoms with Gasteiger partial charge in [-0.15, -0.1) is 0 Å². The summed E-state index contributed by atoms with van der Waals surface area (Å²) >= 11 is 13.7. The Labute approximate surface area is 254 Å². The maximum Gasteiger partial charge on any atom is 0.218 e. The molecule has 0 amide bonds. The van der Waals surface area contributed by atoms with E-state index in [1.165, 1.54) is 6.20 Å². The van der Waals surface area contributed by atoms with Gasteiger partial charge in [-0.1, -0.05) is 41.4 Å². The van der Waals surface area contributed by atoms with Crippen molar-refractivity contribution in [1.29, 1.82) is 0 Å². The molecule has 222 valence electrons. The summed E-state index contributed by atoms with van der Waals surface area (Å²) in [5, 5.41) is 28.7. The smallest absolute Gasteiger partial charge is 0.218 e. The van der Waals surface area contributed by atoms with E-state index in [2.05, 4.69) is 30.9 Å². The number of aliphatic hydroxyl groups excluding tert-OH is 2. The van der Waals surface area contributed by atoms with Gasteiger partial charge in [0.15, 0.2) is 11.6 Å². The number of nitrogens with one attached hydrogen (secondary N) is 3. The molecule has 0 aliphatic heterocycles. The van der Waals surface area contributed by atoms with E-state index in [-0.39, 0.29) is 17.4 Å². The molecule has 9 nitrogen and oxygen atoms in total. The predicted octanol–water partition coefficient (Wildman–Crippen LogP) is 5.34. The normalized spacial score (nSPS) is 12.7. The number of methoxy groups -OCH3 is 1. The molecule has 0 fully saturated rings. The summed E-state index contributed by atoms with van der Waals surface area (Å²) in [5.41, 5.74) is 3.82. The number of halogens is 3. The van der Waals surface area contributed by atoms with E-state index in [1.54, 1.807) is 57.5 Å². The van der Waals surface area contributed by atoms with Crippen LogP contribution in [-0.4, -0.2) is 57.6 Å². The van der Waals surface area contributed by atoms with Crippen LogP contribution in [0.25, 0.3) is 22.5 Å². The summed E-state index contributed by atoms with van der Waals surface area (Å²) < 4.78 is 20.7. The first-order chi connectivity index (χ1) is 20.2. The van der Waals surface area contributed by atoms with E-state index in [0.717, 1.165) is 5.56 Å². The van der Waals surface area contributed by atoms with Gasteiger partial charge >= 0.3 is 0 Å². The molecule has 42 heavy (non-hydrogen) atoms. The van der Waals surface area contributed by atoms with Crippen LogP contribution in [0.4, 0.5) is 15.9 Å². The molecule has 3 aromatic heterocycles. The van der Waals surface area contributed by atoms with Crippen LogP contribution in [0.2, 0.25) is 10.0 Å². The van der Waals surface area contributed by atoms with Gasteiger partial charge in [0.05, 0.1) is 46.4 Å². The number of benzene rings is 1. The van der Waals surface area contributed by atoms with Crippen molar-refractivity contribution in [1.82, 2.24) is 25.6 Å². The fourth-order valence-electron chi connectivity index (χ4n) is 4.24. The predicted molar refractivity (Wildman–Crippen MR) is 164 cm³/mol. The van der Waals surface area contributed by atoms with Crippen molar-refractivity contribution < 1.29 is 19.3 Å². The molecular formula is C30H33Cl2FN6O3. The van der Waals surface area contributed by atoms with Gasteiger partial charge in [0.1, 0.15) is 0 Å². The third-order valence-electron chi connectivity index (χ3n) is 6.28. The zero-order chi connectivity index (χ0) is 30.2. The maximum atomic E-state index is 15.2. The summed E-state index contributed by atoms with van der Waals surface area (Å²) in [6.45, 7) is 4.83. The zero-order valence-electron chi connectivity index (χ0n) is 23.5. The van der Waals surface area contributed by atoms with Crippen LogP contribution in [0.5, 0.6) is 5.88 Å². The summed E-state index contributed by atoms with van der Waals surface area (Å²) in [7, 11) is 1.54. The van der Waals surface area contributed by atoms with Crippen molar-refractivity contribution in [3.63, 3.8) is 0 Å². The van der Waals surface area contributed by atoms with Gasteiger partial charge in [0.25, 0.3) is 0 Å². The fraction of sp³-hybridized carbons (Fsp3) is 0.300. The summed E-state index contributed by atoms with van der Waals surface area (Å²) in [6, 6.07) is 12.3. The van der Waals surface area contributed by atoms with Crippen LogP contribution in [0.15, 0.2) is 54.9 Å². The molecule has 0 saturated carbocycles. The highest BCUT2D eigenvalue weighted by Crippen LogP contribution is 2.40. The molecule has 2 atom stereocenters. The van der Waals surface area contributed by atoms with Crippen LogP contribution >= 0.6 is 23.2 Å². The van der Waals surface area contributed by atoms with Crippen molar-refractivity contribution in [3.8, 4) is 28.4 Å². The number of hydrogen-bond acceptors (Lipinski definition) is 9. The zero-order valence-corrected chi connectivity index (χ0v) is 25.0. The van der Waals surface area contributed by atoms with Crippen LogP contribution in [0.3, 0.4) is 0 Å². The molecule has 0 spiro atoms. The molecule has 0 bridgehead atoms. The SMILES string of the molecule is COc1nc(-c2ccnc(-c3cccc(Nc4nccc(CNC[C@@H](C)O)c4F)c3Cl)c2Cl)ccc1CNC[C@@H](C)O. The largest absolute Gasteiger partial charge is 0.481 e. The second kappa shape index (κ2) is 14.7. The highest BCUT2D eigenvalue weighted by molar-refractivity contribution is 6.39. The van der Waals surface area contributed by atoms with Gasteiger partial charge in [-0.05, 0) is 38.1 Å². The minimum atomic E-state index is -0.547. The number of rotatable bonds is 13. The number of pyridine rings is 3. The minimum Gasteiger partial charge on any atom is -0.481 e. The first-order valence-electron chi connectivity index (χ1n) is 13.3. The van der Waals surface area contributed by atoms with E-state index in [4.69, 9.17) is 27.9 Å². The Morgan fingerprint density at radius 3 is 2.24 bits per heavy atom. The number of anilines is 2. The van der Waals surface area contributed by atoms with Crippen molar-refractivity contribution in [2.75, 3.05) is 25.5 Å². The second-order valence-electron chi connectivity index (χ2n) is 9.77. The lowest BCUT2D eigenvalue weighted by atomic mass is 10.1. The Morgan fingerprint density at radius 1 is 0.857 bits per heavy atom.